The molecule has 0 atom stereocenters. The van der Waals surface area contributed by atoms with Gasteiger partial charge in [-0.15, -0.1) is 0 Å². The molecule has 0 fully saturated rings. The fourth-order valence-electron chi connectivity index (χ4n) is 1.34. The molecule has 0 spiro atoms. The van der Waals surface area contributed by atoms with Crippen LogP contribution in [0.1, 0.15) is 20.8 Å². The number of methoxy groups -OCH3 is 1. The van der Waals surface area contributed by atoms with Crippen LogP contribution in [0.3, 0.4) is 0 Å². The zero-order valence-electron chi connectivity index (χ0n) is 12.2. The van der Waals surface area contributed by atoms with Crippen LogP contribution in [-0.4, -0.2) is 36.3 Å². The van der Waals surface area contributed by atoms with Crippen molar-refractivity contribution in [2.75, 3.05) is 13.8 Å². The summed E-state index contributed by atoms with van der Waals surface area (Å²) in [5.41, 5.74) is -0.269. The van der Waals surface area contributed by atoms with E-state index in [1.54, 1.807) is 39.0 Å². The summed E-state index contributed by atoms with van der Waals surface area (Å²) in [6, 6.07) is 0. The van der Waals surface area contributed by atoms with E-state index in [9.17, 15) is 9.59 Å². The van der Waals surface area contributed by atoms with Crippen molar-refractivity contribution in [3.63, 3.8) is 0 Å². The van der Waals surface area contributed by atoms with E-state index in [0.717, 1.165) is 0 Å². The zero-order chi connectivity index (χ0) is 15.2. The zero-order valence-corrected chi connectivity index (χ0v) is 12.2. The second kappa shape index (κ2) is 6.91. The first-order valence-electron chi connectivity index (χ1n) is 6.18. The maximum Gasteiger partial charge on any atom is 0.418 e. The molecule has 6 heteroatoms. The highest BCUT2D eigenvalue weighted by molar-refractivity contribution is 5.96. The third kappa shape index (κ3) is 5.27. The summed E-state index contributed by atoms with van der Waals surface area (Å²) in [7, 11) is 1.48. The number of hydrogen-bond acceptors (Lipinski definition) is 4. The number of nitrogens with zero attached hydrogens (tertiary/aromatic N) is 1. The highest BCUT2D eigenvalue weighted by Crippen LogP contribution is 2.13. The van der Waals surface area contributed by atoms with Gasteiger partial charge in [0.25, 0.3) is 5.91 Å². The van der Waals surface area contributed by atoms with Crippen LogP contribution in [0.5, 0.6) is 0 Å². The Morgan fingerprint density at radius 2 is 2.00 bits per heavy atom. The Labute approximate surface area is 118 Å². The van der Waals surface area contributed by atoms with E-state index in [1.807, 2.05) is 0 Å². The van der Waals surface area contributed by atoms with Gasteiger partial charge in [0.05, 0.1) is 5.57 Å². The molecule has 2 amide bonds. The largest absolute Gasteiger partial charge is 0.443 e. The number of carbonyl (C=O) groups is 2. The van der Waals surface area contributed by atoms with Crippen molar-refractivity contribution in [1.29, 1.82) is 0 Å². The predicted molar refractivity (Wildman–Crippen MR) is 74.5 cm³/mol. The minimum Gasteiger partial charge on any atom is -0.443 e. The third-order valence-corrected chi connectivity index (χ3v) is 2.16. The van der Waals surface area contributed by atoms with Crippen molar-refractivity contribution < 1.29 is 19.1 Å². The van der Waals surface area contributed by atoms with Crippen LogP contribution < -0.4 is 5.32 Å². The first kappa shape index (κ1) is 16.0. The number of ether oxygens (including phenoxy) is 2. The maximum absolute atomic E-state index is 12.0. The van der Waals surface area contributed by atoms with Crippen LogP contribution in [0.25, 0.3) is 0 Å². The van der Waals surface area contributed by atoms with Gasteiger partial charge in [0, 0.05) is 19.5 Å². The van der Waals surface area contributed by atoms with Crippen molar-refractivity contribution in [1.82, 2.24) is 10.2 Å². The molecule has 0 saturated carbocycles. The molecule has 1 N–H and O–H groups in total. The van der Waals surface area contributed by atoms with E-state index in [-0.39, 0.29) is 12.6 Å². The van der Waals surface area contributed by atoms with Crippen molar-refractivity contribution in [3.05, 3.63) is 36.2 Å². The standard InChI is InChI=1S/C14H20N2O4/c1-14(2,3)20-13(18)16-8-6-5-7-11(9-16)12(17)15-10-19-4/h5-9H,10H2,1-4H3,(H,15,17). The lowest BCUT2D eigenvalue weighted by Crippen LogP contribution is -2.32. The molecule has 0 unspecified atom stereocenters. The average Bonchev–Trinajstić information content (AvgIpc) is 2.59. The van der Waals surface area contributed by atoms with Crippen LogP contribution >= 0.6 is 0 Å². The van der Waals surface area contributed by atoms with E-state index in [0.29, 0.717) is 5.57 Å². The van der Waals surface area contributed by atoms with Crippen molar-refractivity contribution in [2.24, 2.45) is 0 Å². The van der Waals surface area contributed by atoms with Crippen molar-refractivity contribution in [2.45, 2.75) is 26.4 Å². The monoisotopic (exact) mass is 280 g/mol. The number of carbonyl (C=O) groups excluding carboxylic acids is 2. The molecule has 0 radical (unpaired) electrons. The topological polar surface area (TPSA) is 67.9 Å². The molecule has 0 saturated heterocycles. The summed E-state index contributed by atoms with van der Waals surface area (Å²) < 4.78 is 10.0. The number of nitrogens with one attached hydrogen (secondary N) is 1. The molecule has 20 heavy (non-hydrogen) atoms. The Kier molecular flexibility index (Phi) is 5.52. The van der Waals surface area contributed by atoms with E-state index < -0.39 is 11.7 Å². The Hall–Kier alpha value is -2.08. The molecule has 1 aliphatic heterocycles. The average molecular weight is 280 g/mol. The van der Waals surface area contributed by atoms with Gasteiger partial charge in [-0.3, -0.25) is 9.69 Å². The van der Waals surface area contributed by atoms with Gasteiger partial charge in [-0.05, 0) is 32.9 Å². The van der Waals surface area contributed by atoms with Gasteiger partial charge in [0.2, 0.25) is 0 Å². The first-order valence-corrected chi connectivity index (χ1v) is 6.18. The van der Waals surface area contributed by atoms with Crippen LogP contribution in [0.4, 0.5) is 4.79 Å². The molecule has 0 bridgehead atoms. The predicted octanol–water partition coefficient (Wildman–Crippen LogP) is 1.91. The van der Waals surface area contributed by atoms with E-state index >= 15 is 0 Å². The van der Waals surface area contributed by atoms with Gasteiger partial charge < -0.3 is 14.8 Å². The molecule has 1 aliphatic rings. The minimum absolute atomic E-state index is 0.101. The highest BCUT2D eigenvalue weighted by Gasteiger charge is 2.21. The van der Waals surface area contributed by atoms with Crippen molar-refractivity contribution in [3.8, 4) is 0 Å². The Morgan fingerprint density at radius 3 is 2.60 bits per heavy atom. The van der Waals surface area contributed by atoms with Gasteiger partial charge >= 0.3 is 6.09 Å². The van der Waals surface area contributed by atoms with Crippen LogP contribution in [0, 0.1) is 0 Å². The van der Waals surface area contributed by atoms with Gasteiger partial charge in [-0.2, -0.15) is 0 Å². The minimum atomic E-state index is -0.600. The summed E-state index contributed by atoms with van der Waals surface area (Å²) in [5.74, 6) is -0.333. The van der Waals surface area contributed by atoms with Crippen LogP contribution in [0.2, 0.25) is 0 Å². The highest BCUT2D eigenvalue weighted by atomic mass is 16.6. The molecule has 0 aromatic rings. The number of amides is 2. The summed E-state index contributed by atoms with van der Waals surface area (Å²) in [6.07, 6.45) is 7.32. The molecule has 0 aromatic carbocycles. The molecule has 1 rings (SSSR count). The Morgan fingerprint density at radius 1 is 1.30 bits per heavy atom. The summed E-state index contributed by atoms with van der Waals surface area (Å²) >= 11 is 0. The van der Waals surface area contributed by atoms with Gasteiger partial charge in [-0.1, -0.05) is 6.08 Å². The quantitative estimate of drug-likeness (QED) is 0.802. The fourth-order valence-corrected chi connectivity index (χ4v) is 1.34. The molecule has 6 nitrogen and oxygen atoms in total. The summed E-state index contributed by atoms with van der Waals surface area (Å²) in [6.45, 7) is 5.44. The maximum atomic E-state index is 12.0. The van der Waals surface area contributed by atoms with Gasteiger partial charge in [0.1, 0.15) is 12.3 Å². The number of rotatable bonds is 3. The molecule has 0 aliphatic carbocycles. The lowest BCUT2D eigenvalue weighted by Gasteiger charge is -2.23. The smallest absolute Gasteiger partial charge is 0.418 e. The lowest BCUT2D eigenvalue weighted by molar-refractivity contribution is -0.118. The molecule has 1 heterocycles. The molecule has 110 valence electrons. The first-order chi connectivity index (χ1) is 9.33. The van der Waals surface area contributed by atoms with E-state index in [4.69, 9.17) is 9.47 Å². The second-order valence-electron chi connectivity index (χ2n) is 5.11. The number of allylic oxidation sites excluding steroid dienone is 2. The number of hydrogen-bond donors (Lipinski definition) is 1. The van der Waals surface area contributed by atoms with E-state index in [1.165, 1.54) is 24.4 Å². The van der Waals surface area contributed by atoms with Crippen molar-refractivity contribution >= 4 is 12.0 Å². The normalized spacial score (nSPS) is 14.6. The van der Waals surface area contributed by atoms with E-state index in [2.05, 4.69) is 5.32 Å². The molecule has 0 aromatic heterocycles. The summed E-state index contributed by atoms with van der Waals surface area (Å²) in [5, 5.41) is 2.55. The molecular weight excluding hydrogens is 260 g/mol. The van der Waals surface area contributed by atoms with Crippen LogP contribution in [0.15, 0.2) is 36.2 Å². The summed E-state index contributed by atoms with van der Waals surface area (Å²) in [4.78, 5) is 25.0. The van der Waals surface area contributed by atoms with Gasteiger partial charge in [0.15, 0.2) is 0 Å². The lowest BCUT2D eigenvalue weighted by atomic mass is 10.2. The Balaban J connectivity index is 2.82. The van der Waals surface area contributed by atoms with Gasteiger partial charge in [-0.25, -0.2) is 4.79 Å². The fraction of sp³-hybridized carbons (Fsp3) is 0.429. The second-order valence-corrected chi connectivity index (χ2v) is 5.11. The molecular formula is C14H20N2O4. The van der Waals surface area contributed by atoms with Crippen LogP contribution in [-0.2, 0) is 14.3 Å². The Bertz CT molecular complexity index is 458. The SMILES string of the molecule is COCNC(=O)C1=CN(C(=O)OC(C)(C)C)C=CC=C1. The third-order valence-electron chi connectivity index (χ3n) is 2.16.